The molecule has 0 spiro atoms. The lowest BCUT2D eigenvalue weighted by molar-refractivity contribution is 0.476. The Morgan fingerprint density at radius 1 is 1.22 bits per heavy atom. The summed E-state index contributed by atoms with van der Waals surface area (Å²) in [5.74, 6) is 1.34. The van der Waals surface area contributed by atoms with Gasteiger partial charge in [0.25, 0.3) is 0 Å². The molecule has 0 heterocycles. The first-order chi connectivity index (χ1) is 8.63. The highest BCUT2D eigenvalue weighted by atomic mass is 35.5. The van der Waals surface area contributed by atoms with Crippen molar-refractivity contribution in [1.29, 1.82) is 0 Å². The standard InChI is InChI=1S/C16H26ClN/c1-4-10-18-12-15(9-8-13(2)3)14-6-5-7-16(17)11-14/h5-7,11,13,15,18H,4,8-10,12H2,1-3H3. The first-order valence-corrected chi connectivity index (χ1v) is 7.47. The van der Waals surface area contributed by atoms with Gasteiger partial charge in [-0.05, 0) is 48.9 Å². The summed E-state index contributed by atoms with van der Waals surface area (Å²) in [4.78, 5) is 0. The number of rotatable bonds is 8. The number of hydrogen-bond donors (Lipinski definition) is 1. The molecule has 1 N–H and O–H groups in total. The normalized spacial score (nSPS) is 12.9. The molecule has 0 fully saturated rings. The zero-order chi connectivity index (χ0) is 13.4. The molecule has 1 nitrogen and oxygen atoms in total. The Kier molecular flexibility index (Phi) is 7.38. The van der Waals surface area contributed by atoms with E-state index < -0.39 is 0 Å². The predicted molar refractivity (Wildman–Crippen MR) is 81.4 cm³/mol. The van der Waals surface area contributed by atoms with Gasteiger partial charge >= 0.3 is 0 Å². The van der Waals surface area contributed by atoms with Gasteiger partial charge in [0, 0.05) is 11.6 Å². The van der Waals surface area contributed by atoms with Gasteiger partial charge in [0.05, 0.1) is 0 Å². The van der Waals surface area contributed by atoms with Crippen LogP contribution >= 0.6 is 11.6 Å². The highest BCUT2D eigenvalue weighted by Gasteiger charge is 2.12. The number of nitrogens with one attached hydrogen (secondary N) is 1. The molecule has 1 unspecified atom stereocenters. The lowest BCUT2D eigenvalue weighted by Gasteiger charge is -2.19. The number of benzene rings is 1. The molecule has 0 radical (unpaired) electrons. The Bertz CT molecular complexity index is 336. The van der Waals surface area contributed by atoms with Crippen LogP contribution in [0.2, 0.25) is 5.02 Å². The lowest BCUT2D eigenvalue weighted by Crippen LogP contribution is -2.22. The van der Waals surface area contributed by atoms with Crippen LogP contribution in [0.25, 0.3) is 0 Å². The maximum atomic E-state index is 6.09. The highest BCUT2D eigenvalue weighted by molar-refractivity contribution is 6.30. The third-order valence-electron chi connectivity index (χ3n) is 3.23. The van der Waals surface area contributed by atoms with Crippen molar-refractivity contribution in [2.24, 2.45) is 5.92 Å². The summed E-state index contributed by atoms with van der Waals surface area (Å²) in [6.45, 7) is 8.93. The van der Waals surface area contributed by atoms with Crippen LogP contribution in [0.3, 0.4) is 0 Å². The molecule has 1 rings (SSSR count). The van der Waals surface area contributed by atoms with Crippen LogP contribution in [0, 0.1) is 5.92 Å². The minimum Gasteiger partial charge on any atom is -0.316 e. The van der Waals surface area contributed by atoms with E-state index in [0.717, 1.165) is 24.0 Å². The van der Waals surface area contributed by atoms with Crippen molar-refractivity contribution in [3.8, 4) is 0 Å². The first kappa shape index (κ1) is 15.5. The van der Waals surface area contributed by atoms with Crippen LogP contribution < -0.4 is 5.32 Å². The average molecular weight is 268 g/mol. The second-order valence-corrected chi connectivity index (χ2v) is 5.86. The van der Waals surface area contributed by atoms with Crippen molar-refractivity contribution >= 4 is 11.6 Å². The van der Waals surface area contributed by atoms with Crippen molar-refractivity contribution in [1.82, 2.24) is 5.32 Å². The van der Waals surface area contributed by atoms with Crippen LogP contribution in [0.5, 0.6) is 0 Å². The largest absolute Gasteiger partial charge is 0.316 e. The summed E-state index contributed by atoms with van der Waals surface area (Å²) in [5, 5.41) is 4.38. The molecule has 2 heteroatoms. The molecule has 0 saturated heterocycles. The van der Waals surface area contributed by atoms with E-state index in [9.17, 15) is 0 Å². The molecule has 0 amide bonds. The van der Waals surface area contributed by atoms with Crippen molar-refractivity contribution in [2.75, 3.05) is 13.1 Å². The molecule has 0 saturated carbocycles. The van der Waals surface area contributed by atoms with E-state index in [1.54, 1.807) is 0 Å². The number of hydrogen-bond acceptors (Lipinski definition) is 1. The minimum atomic E-state index is 0.581. The molecule has 1 aromatic rings. The smallest absolute Gasteiger partial charge is 0.0408 e. The average Bonchev–Trinajstić information content (AvgIpc) is 2.33. The van der Waals surface area contributed by atoms with E-state index in [4.69, 9.17) is 11.6 Å². The Balaban J connectivity index is 2.63. The van der Waals surface area contributed by atoms with Crippen LogP contribution in [0.4, 0.5) is 0 Å². The first-order valence-electron chi connectivity index (χ1n) is 7.09. The molecule has 102 valence electrons. The van der Waals surface area contributed by atoms with Gasteiger partial charge in [0.1, 0.15) is 0 Å². The van der Waals surface area contributed by atoms with E-state index in [2.05, 4.69) is 44.3 Å². The Labute approximate surface area is 117 Å². The Morgan fingerprint density at radius 2 is 2.00 bits per heavy atom. The van der Waals surface area contributed by atoms with Crippen molar-refractivity contribution in [2.45, 2.75) is 46.0 Å². The molecule has 1 atom stereocenters. The lowest BCUT2D eigenvalue weighted by atomic mass is 9.91. The van der Waals surface area contributed by atoms with Crippen LogP contribution in [0.1, 0.15) is 51.5 Å². The topological polar surface area (TPSA) is 12.0 Å². The van der Waals surface area contributed by atoms with Crippen LogP contribution in [-0.4, -0.2) is 13.1 Å². The predicted octanol–water partition coefficient (Wildman–Crippen LogP) is 4.86. The van der Waals surface area contributed by atoms with Crippen LogP contribution in [-0.2, 0) is 0 Å². The monoisotopic (exact) mass is 267 g/mol. The fourth-order valence-electron chi connectivity index (χ4n) is 2.13. The van der Waals surface area contributed by atoms with Gasteiger partial charge in [-0.3, -0.25) is 0 Å². The molecule has 18 heavy (non-hydrogen) atoms. The highest BCUT2D eigenvalue weighted by Crippen LogP contribution is 2.25. The van der Waals surface area contributed by atoms with Crippen LogP contribution in [0.15, 0.2) is 24.3 Å². The fraction of sp³-hybridized carbons (Fsp3) is 0.625. The summed E-state index contributed by atoms with van der Waals surface area (Å²) in [6, 6.07) is 8.31. The van der Waals surface area contributed by atoms with E-state index in [1.165, 1.54) is 24.8 Å². The molecule has 0 aromatic heterocycles. The minimum absolute atomic E-state index is 0.581. The summed E-state index contributed by atoms with van der Waals surface area (Å²) in [7, 11) is 0. The Hall–Kier alpha value is -0.530. The molecular formula is C16H26ClN. The van der Waals surface area contributed by atoms with Gasteiger partial charge < -0.3 is 5.32 Å². The quantitative estimate of drug-likeness (QED) is 0.664. The Morgan fingerprint density at radius 3 is 2.61 bits per heavy atom. The van der Waals surface area contributed by atoms with E-state index in [1.807, 2.05) is 6.07 Å². The zero-order valence-corrected chi connectivity index (χ0v) is 12.6. The van der Waals surface area contributed by atoms with Gasteiger partial charge in [-0.2, -0.15) is 0 Å². The second-order valence-electron chi connectivity index (χ2n) is 5.43. The molecule has 0 aliphatic rings. The van der Waals surface area contributed by atoms with E-state index >= 15 is 0 Å². The third-order valence-corrected chi connectivity index (χ3v) is 3.47. The maximum absolute atomic E-state index is 6.09. The summed E-state index contributed by atoms with van der Waals surface area (Å²) >= 11 is 6.09. The molecule has 0 bridgehead atoms. The second kappa shape index (κ2) is 8.55. The SMILES string of the molecule is CCCNCC(CCC(C)C)c1cccc(Cl)c1. The molecular weight excluding hydrogens is 242 g/mol. The van der Waals surface area contributed by atoms with Gasteiger partial charge in [-0.25, -0.2) is 0 Å². The van der Waals surface area contributed by atoms with Crippen molar-refractivity contribution in [3.63, 3.8) is 0 Å². The molecule has 0 aliphatic heterocycles. The van der Waals surface area contributed by atoms with Gasteiger partial charge in [-0.1, -0.05) is 50.9 Å². The number of halogens is 1. The summed E-state index contributed by atoms with van der Waals surface area (Å²) in [6.07, 6.45) is 3.69. The molecule has 1 aromatic carbocycles. The van der Waals surface area contributed by atoms with Crippen molar-refractivity contribution in [3.05, 3.63) is 34.9 Å². The fourth-order valence-corrected chi connectivity index (χ4v) is 2.33. The van der Waals surface area contributed by atoms with Gasteiger partial charge in [0.2, 0.25) is 0 Å². The van der Waals surface area contributed by atoms with E-state index in [0.29, 0.717) is 5.92 Å². The van der Waals surface area contributed by atoms with Gasteiger partial charge in [0.15, 0.2) is 0 Å². The molecule has 0 aliphatic carbocycles. The van der Waals surface area contributed by atoms with E-state index in [-0.39, 0.29) is 0 Å². The van der Waals surface area contributed by atoms with Crippen molar-refractivity contribution < 1.29 is 0 Å². The zero-order valence-electron chi connectivity index (χ0n) is 11.9. The van der Waals surface area contributed by atoms with Gasteiger partial charge in [-0.15, -0.1) is 0 Å². The summed E-state index contributed by atoms with van der Waals surface area (Å²) < 4.78 is 0. The summed E-state index contributed by atoms with van der Waals surface area (Å²) in [5.41, 5.74) is 1.37. The maximum Gasteiger partial charge on any atom is 0.0408 e. The third kappa shape index (κ3) is 5.88.